The Morgan fingerprint density at radius 3 is 2.41 bits per heavy atom. The largest absolute Gasteiger partial charge is 0.274 e. The first-order valence-corrected chi connectivity index (χ1v) is 6.70. The highest BCUT2D eigenvalue weighted by atomic mass is 32.2. The van der Waals surface area contributed by atoms with Crippen LogP contribution >= 0.6 is 0 Å². The summed E-state index contributed by atoms with van der Waals surface area (Å²) in [5, 5.41) is 0.0677. The van der Waals surface area contributed by atoms with Crippen LogP contribution < -0.4 is 5.48 Å². The summed E-state index contributed by atoms with van der Waals surface area (Å²) in [6.45, 7) is 5.99. The molecule has 4 nitrogen and oxygen atoms in total. The molecule has 1 aromatic rings. The molecule has 1 amide bonds. The zero-order valence-corrected chi connectivity index (χ0v) is 11.0. The highest BCUT2D eigenvalue weighted by Gasteiger charge is 2.10. The number of rotatable bonds is 5. The minimum absolute atomic E-state index is 0.0677. The van der Waals surface area contributed by atoms with Gasteiger partial charge in [0, 0.05) is 15.7 Å². The molecule has 0 unspecified atom stereocenters. The van der Waals surface area contributed by atoms with Gasteiger partial charge in [-0.15, -0.1) is 0 Å². The van der Waals surface area contributed by atoms with Gasteiger partial charge < -0.3 is 0 Å². The predicted molar refractivity (Wildman–Crippen MR) is 67.1 cm³/mol. The number of nitrogens with one attached hydrogen (secondary N) is 1. The monoisotopic (exact) mass is 255 g/mol. The molecule has 0 spiro atoms. The SMILES string of the molecule is CCONC(=O)c1ccc([S@@](=O)C(C)C)cc1. The zero-order chi connectivity index (χ0) is 12.8. The van der Waals surface area contributed by atoms with E-state index in [-0.39, 0.29) is 11.2 Å². The number of carbonyl (C=O) groups is 1. The predicted octanol–water partition coefficient (Wildman–Crippen LogP) is 1.88. The number of hydrogen-bond donors (Lipinski definition) is 1. The standard InChI is InChI=1S/C12H17NO3S/c1-4-16-13-12(14)10-5-7-11(8-6-10)17(15)9(2)3/h5-9H,4H2,1-3H3,(H,13,14)/t17-/m0/s1. The molecule has 0 aliphatic carbocycles. The molecule has 0 fully saturated rings. The third-order valence-electron chi connectivity index (χ3n) is 2.09. The molecule has 0 radical (unpaired) electrons. The Morgan fingerprint density at radius 1 is 1.35 bits per heavy atom. The maximum atomic E-state index is 11.8. The van der Waals surface area contributed by atoms with Crippen molar-refractivity contribution in [2.45, 2.75) is 30.9 Å². The second-order valence-electron chi connectivity index (χ2n) is 3.73. The summed E-state index contributed by atoms with van der Waals surface area (Å²) in [7, 11) is -1.02. The normalized spacial score (nSPS) is 12.5. The van der Waals surface area contributed by atoms with Crippen LogP contribution in [-0.4, -0.2) is 22.0 Å². The summed E-state index contributed by atoms with van der Waals surface area (Å²) in [4.78, 5) is 17.0. The maximum Gasteiger partial charge on any atom is 0.274 e. The van der Waals surface area contributed by atoms with Crippen molar-refractivity contribution in [1.82, 2.24) is 5.48 Å². The van der Waals surface area contributed by atoms with Crippen LogP contribution in [0.15, 0.2) is 29.2 Å². The second kappa shape index (κ2) is 6.51. The lowest BCUT2D eigenvalue weighted by Crippen LogP contribution is -2.23. The Morgan fingerprint density at radius 2 is 1.94 bits per heavy atom. The van der Waals surface area contributed by atoms with Gasteiger partial charge in [-0.05, 0) is 31.2 Å². The van der Waals surface area contributed by atoms with Gasteiger partial charge in [-0.1, -0.05) is 13.8 Å². The fraction of sp³-hybridized carbons (Fsp3) is 0.417. The van der Waals surface area contributed by atoms with E-state index in [1.807, 2.05) is 13.8 Å². The fourth-order valence-corrected chi connectivity index (χ4v) is 2.16. The van der Waals surface area contributed by atoms with Crippen molar-refractivity contribution in [2.24, 2.45) is 0 Å². The van der Waals surface area contributed by atoms with E-state index in [0.29, 0.717) is 12.2 Å². The van der Waals surface area contributed by atoms with Crippen molar-refractivity contribution >= 4 is 16.7 Å². The van der Waals surface area contributed by atoms with Gasteiger partial charge in [0.15, 0.2) is 0 Å². The van der Waals surface area contributed by atoms with E-state index >= 15 is 0 Å². The molecular weight excluding hydrogens is 238 g/mol. The van der Waals surface area contributed by atoms with Crippen molar-refractivity contribution in [3.05, 3.63) is 29.8 Å². The number of carbonyl (C=O) groups excluding carboxylic acids is 1. The van der Waals surface area contributed by atoms with Crippen molar-refractivity contribution in [1.29, 1.82) is 0 Å². The van der Waals surface area contributed by atoms with Crippen LogP contribution in [-0.2, 0) is 15.6 Å². The number of hydrogen-bond acceptors (Lipinski definition) is 3. The Kier molecular flexibility index (Phi) is 5.31. The van der Waals surface area contributed by atoms with E-state index in [2.05, 4.69) is 5.48 Å². The minimum atomic E-state index is -1.02. The summed E-state index contributed by atoms with van der Waals surface area (Å²) in [5.41, 5.74) is 2.79. The van der Waals surface area contributed by atoms with Gasteiger partial charge in [0.2, 0.25) is 0 Å². The van der Waals surface area contributed by atoms with E-state index in [0.717, 1.165) is 4.90 Å². The van der Waals surface area contributed by atoms with E-state index in [1.54, 1.807) is 31.2 Å². The van der Waals surface area contributed by atoms with Gasteiger partial charge in [-0.2, -0.15) is 0 Å². The van der Waals surface area contributed by atoms with Crippen LogP contribution in [0.5, 0.6) is 0 Å². The van der Waals surface area contributed by atoms with Crippen LogP contribution in [0, 0.1) is 0 Å². The average molecular weight is 255 g/mol. The molecule has 5 heteroatoms. The first-order valence-electron chi connectivity index (χ1n) is 5.49. The molecule has 17 heavy (non-hydrogen) atoms. The van der Waals surface area contributed by atoms with Crippen molar-refractivity contribution in [3.8, 4) is 0 Å². The van der Waals surface area contributed by atoms with Crippen LogP contribution in [0.2, 0.25) is 0 Å². The van der Waals surface area contributed by atoms with E-state index in [9.17, 15) is 9.00 Å². The van der Waals surface area contributed by atoms with Crippen molar-refractivity contribution in [3.63, 3.8) is 0 Å². The molecule has 0 saturated heterocycles. The Labute approximate surface area is 104 Å². The average Bonchev–Trinajstić information content (AvgIpc) is 2.35. The summed E-state index contributed by atoms with van der Waals surface area (Å²) < 4.78 is 11.8. The highest BCUT2D eigenvalue weighted by Crippen LogP contribution is 2.12. The maximum absolute atomic E-state index is 11.8. The van der Waals surface area contributed by atoms with Gasteiger partial charge in [-0.3, -0.25) is 13.8 Å². The van der Waals surface area contributed by atoms with Gasteiger partial charge in [-0.25, -0.2) is 5.48 Å². The molecule has 0 aromatic heterocycles. The lowest BCUT2D eigenvalue weighted by Gasteiger charge is -2.07. The number of hydroxylamine groups is 1. The molecule has 1 N–H and O–H groups in total. The molecule has 0 aliphatic rings. The molecule has 1 atom stereocenters. The molecule has 1 aromatic carbocycles. The lowest BCUT2D eigenvalue weighted by molar-refractivity contribution is 0.0364. The molecule has 0 bridgehead atoms. The molecule has 94 valence electrons. The lowest BCUT2D eigenvalue weighted by atomic mass is 10.2. The Hall–Kier alpha value is -1.20. The summed E-state index contributed by atoms with van der Waals surface area (Å²) >= 11 is 0. The van der Waals surface area contributed by atoms with Crippen LogP contribution in [0.1, 0.15) is 31.1 Å². The molecule has 0 heterocycles. The first kappa shape index (κ1) is 13.9. The fourth-order valence-electron chi connectivity index (χ4n) is 1.21. The van der Waals surface area contributed by atoms with Gasteiger partial charge in [0.05, 0.1) is 17.4 Å². The Balaban J connectivity index is 2.74. The van der Waals surface area contributed by atoms with Crippen LogP contribution in [0.4, 0.5) is 0 Å². The molecular formula is C12H17NO3S. The molecule has 1 rings (SSSR count). The number of amides is 1. The third kappa shape index (κ3) is 3.94. The topological polar surface area (TPSA) is 55.4 Å². The minimum Gasteiger partial charge on any atom is -0.274 e. The Bertz CT molecular complexity index is 401. The number of benzene rings is 1. The summed E-state index contributed by atoms with van der Waals surface area (Å²) in [6.07, 6.45) is 0. The summed E-state index contributed by atoms with van der Waals surface area (Å²) in [5.74, 6) is -0.297. The highest BCUT2D eigenvalue weighted by molar-refractivity contribution is 7.85. The van der Waals surface area contributed by atoms with E-state index in [1.165, 1.54) is 0 Å². The summed E-state index contributed by atoms with van der Waals surface area (Å²) in [6, 6.07) is 6.70. The van der Waals surface area contributed by atoms with Crippen molar-refractivity contribution in [2.75, 3.05) is 6.61 Å². The quantitative estimate of drug-likeness (QED) is 0.817. The van der Waals surface area contributed by atoms with Crippen LogP contribution in [0.3, 0.4) is 0 Å². The third-order valence-corrected chi connectivity index (χ3v) is 3.68. The van der Waals surface area contributed by atoms with E-state index < -0.39 is 10.8 Å². The molecule has 0 saturated carbocycles. The second-order valence-corrected chi connectivity index (χ2v) is 5.74. The smallest absolute Gasteiger partial charge is 0.274 e. The van der Waals surface area contributed by atoms with Crippen molar-refractivity contribution < 1.29 is 13.8 Å². The van der Waals surface area contributed by atoms with Gasteiger partial charge in [0.25, 0.3) is 5.91 Å². The zero-order valence-electron chi connectivity index (χ0n) is 10.2. The van der Waals surface area contributed by atoms with Gasteiger partial charge in [0.1, 0.15) is 0 Å². The van der Waals surface area contributed by atoms with Gasteiger partial charge >= 0.3 is 0 Å². The van der Waals surface area contributed by atoms with E-state index in [4.69, 9.17) is 4.84 Å². The first-order chi connectivity index (χ1) is 8.06. The van der Waals surface area contributed by atoms with Crippen LogP contribution in [0.25, 0.3) is 0 Å². The molecule has 0 aliphatic heterocycles.